The van der Waals surface area contributed by atoms with Crippen LogP contribution in [0.5, 0.6) is 5.75 Å². The summed E-state index contributed by atoms with van der Waals surface area (Å²) in [5.74, 6) is 0.359. The molecule has 0 amide bonds. The van der Waals surface area contributed by atoms with Gasteiger partial charge in [0.25, 0.3) is 0 Å². The van der Waals surface area contributed by atoms with Gasteiger partial charge in [0.1, 0.15) is 17.7 Å². The third-order valence-electron chi connectivity index (χ3n) is 3.07. The first-order valence-corrected chi connectivity index (χ1v) is 5.52. The van der Waals surface area contributed by atoms with Crippen molar-refractivity contribution in [3.05, 3.63) is 28.5 Å². The molecule has 1 unspecified atom stereocenters. The number of piperidine rings is 1. The van der Waals surface area contributed by atoms with Crippen molar-refractivity contribution in [2.75, 3.05) is 6.54 Å². The van der Waals surface area contributed by atoms with E-state index in [1.807, 2.05) is 0 Å². The Morgan fingerprint density at radius 1 is 1.47 bits per heavy atom. The summed E-state index contributed by atoms with van der Waals surface area (Å²) in [6.07, 6.45) is 2.27. The van der Waals surface area contributed by atoms with E-state index >= 15 is 0 Å². The van der Waals surface area contributed by atoms with E-state index in [1.165, 1.54) is 6.07 Å². The molecule has 2 aliphatic heterocycles. The summed E-state index contributed by atoms with van der Waals surface area (Å²) in [6.45, 7) is 0.966. The highest BCUT2D eigenvalue weighted by Crippen LogP contribution is 2.41. The molecule has 2 aliphatic rings. The fraction of sp³-hybridized carbons (Fsp3) is 0.455. The second kappa shape index (κ2) is 3.35. The van der Waals surface area contributed by atoms with Crippen LogP contribution < -0.4 is 10.1 Å². The van der Waals surface area contributed by atoms with E-state index in [9.17, 15) is 4.39 Å². The molecule has 1 N–H and O–H groups in total. The van der Waals surface area contributed by atoms with Crippen LogP contribution in [0.2, 0.25) is 5.02 Å². The zero-order chi connectivity index (χ0) is 10.4. The average Bonchev–Trinajstić information content (AvgIpc) is 2.57. The highest BCUT2D eigenvalue weighted by atomic mass is 35.5. The molecule has 0 radical (unpaired) electrons. The normalized spacial score (nSPS) is 28.1. The van der Waals surface area contributed by atoms with Crippen LogP contribution in [0.25, 0.3) is 0 Å². The lowest BCUT2D eigenvalue weighted by molar-refractivity contribution is 0.154. The minimum absolute atomic E-state index is 0.132. The molecule has 0 bridgehead atoms. The van der Waals surface area contributed by atoms with Gasteiger partial charge < -0.3 is 10.1 Å². The smallest absolute Gasteiger partial charge is 0.142 e. The van der Waals surface area contributed by atoms with Gasteiger partial charge in [0.15, 0.2) is 0 Å². The van der Waals surface area contributed by atoms with Gasteiger partial charge in [-0.2, -0.15) is 0 Å². The van der Waals surface area contributed by atoms with Crippen LogP contribution in [-0.4, -0.2) is 12.6 Å². The van der Waals surface area contributed by atoms with Crippen LogP contribution in [0.15, 0.2) is 12.1 Å². The van der Waals surface area contributed by atoms with Crippen LogP contribution >= 0.6 is 11.6 Å². The second-order valence-electron chi connectivity index (χ2n) is 4.03. The molecule has 1 aromatic rings. The zero-order valence-corrected chi connectivity index (χ0v) is 8.85. The van der Waals surface area contributed by atoms with Gasteiger partial charge in [0.05, 0.1) is 11.1 Å². The van der Waals surface area contributed by atoms with Gasteiger partial charge >= 0.3 is 0 Å². The number of halogens is 2. The first-order chi connectivity index (χ1) is 7.25. The summed E-state index contributed by atoms with van der Waals surface area (Å²) >= 11 is 5.71. The topological polar surface area (TPSA) is 21.3 Å². The molecule has 2 atom stereocenters. The van der Waals surface area contributed by atoms with Crippen molar-refractivity contribution in [3.8, 4) is 5.75 Å². The summed E-state index contributed by atoms with van der Waals surface area (Å²) in [6, 6.07) is 3.20. The molecular weight excluding hydrogens is 217 g/mol. The molecule has 0 aromatic heterocycles. The van der Waals surface area contributed by atoms with Gasteiger partial charge in [-0.05, 0) is 25.5 Å². The highest BCUT2D eigenvalue weighted by molar-refractivity contribution is 6.30. The number of ether oxygens (including phenoxy) is 1. The van der Waals surface area contributed by atoms with Crippen LogP contribution in [0, 0.1) is 5.82 Å². The SMILES string of the molecule is Fc1cc2c(cc1Cl)OC1CCCN[C@@H]21. The van der Waals surface area contributed by atoms with Crippen LogP contribution in [0.4, 0.5) is 4.39 Å². The Morgan fingerprint density at radius 2 is 2.33 bits per heavy atom. The Kier molecular flexibility index (Phi) is 2.11. The molecule has 0 spiro atoms. The molecule has 15 heavy (non-hydrogen) atoms. The van der Waals surface area contributed by atoms with Gasteiger partial charge in [-0.3, -0.25) is 0 Å². The maximum atomic E-state index is 13.3. The van der Waals surface area contributed by atoms with Gasteiger partial charge in [-0.25, -0.2) is 4.39 Å². The lowest BCUT2D eigenvalue weighted by atomic mass is 9.97. The molecule has 1 fully saturated rings. The largest absolute Gasteiger partial charge is 0.488 e. The predicted molar refractivity (Wildman–Crippen MR) is 55.8 cm³/mol. The molecule has 1 aromatic carbocycles. The fourth-order valence-electron chi connectivity index (χ4n) is 2.35. The third kappa shape index (κ3) is 1.42. The molecule has 0 aliphatic carbocycles. The van der Waals surface area contributed by atoms with Crippen molar-refractivity contribution >= 4 is 11.6 Å². The van der Waals surface area contributed by atoms with Crippen LogP contribution in [-0.2, 0) is 0 Å². The zero-order valence-electron chi connectivity index (χ0n) is 8.09. The number of benzene rings is 1. The second-order valence-corrected chi connectivity index (χ2v) is 4.44. The Bertz CT molecular complexity index is 410. The van der Waals surface area contributed by atoms with Gasteiger partial charge in [0.2, 0.25) is 0 Å². The monoisotopic (exact) mass is 227 g/mol. The molecule has 80 valence electrons. The molecular formula is C11H11ClFNO. The van der Waals surface area contributed by atoms with E-state index in [1.54, 1.807) is 6.07 Å². The fourth-order valence-corrected chi connectivity index (χ4v) is 2.50. The van der Waals surface area contributed by atoms with Crippen LogP contribution in [0.3, 0.4) is 0 Å². The summed E-state index contributed by atoms with van der Waals surface area (Å²) in [5.41, 5.74) is 0.904. The Morgan fingerprint density at radius 3 is 3.20 bits per heavy atom. The van der Waals surface area contributed by atoms with E-state index in [-0.39, 0.29) is 23.0 Å². The van der Waals surface area contributed by atoms with Gasteiger partial charge in [0, 0.05) is 11.6 Å². The Labute approximate surface area is 92.4 Å². The lowest BCUT2D eigenvalue weighted by Gasteiger charge is -2.25. The van der Waals surface area contributed by atoms with E-state index in [2.05, 4.69) is 5.32 Å². The molecule has 2 heterocycles. The molecule has 3 rings (SSSR count). The van der Waals surface area contributed by atoms with E-state index < -0.39 is 0 Å². The number of nitrogens with one attached hydrogen (secondary N) is 1. The Hall–Kier alpha value is -0.800. The van der Waals surface area contributed by atoms with Crippen molar-refractivity contribution in [2.24, 2.45) is 0 Å². The number of fused-ring (bicyclic) bond motifs is 3. The third-order valence-corrected chi connectivity index (χ3v) is 3.36. The maximum absolute atomic E-state index is 13.3. The quantitative estimate of drug-likeness (QED) is 0.736. The molecule has 4 heteroatoms. The predicted octanol–water partition coefficient (Wildman–Crippen LogP) is 2.66. The van der Waals surface area contributed by atoms with Crippen molar-refractivity contribution in [3.63, 3.8) is 0 Å². The van der Waals surface area contributed by atoms with E-state index in [0.29, 0.717) is 0 Å². The van der Waals surface area contributed by atoms with Crippen molar-refractivity contribution in [1.29, 1.82) is 0 Å². The molecule has 2 nitrogen and oxygen atoms in total. The van der Waals surface area contributed by atoms with Gasteiger partial charge in [-0.1, -0.05) is 11.6 Å². The standard InChI is InChI=1S/C11H11ClFNO/c12-7-5-10-6(4-8(7)13)11-9(15-10)2-1-3-14-11/h4-5,9,11,14H,1-3H2/t9?,11-/m0/s1. The van der Waals surface area contributed by atoms with Crippen molar-refractivity contribution in [2.45, 2.75) is 25.0 Å². The molecule has 1 saturated heterocycles. The number of hydrogen-bond donors (Lipinski definition) is 1. The number of rotatable bonds is 0. The first-order valence-electron chi connectivity index (χ1n) is 5.14. The first kappa shape index (κ1) is 9.43. The Balaban J connectivity index is 2.04. The number of hydrogen-bond acceptors (Lipinski definition) is 2. The van der Waals surface area contributed by atoms with E-state index in [0.717, 1.165) is 30.7 Å². The summed E-state index contributed by atoms with van der Waals surface area (Å²) < 4.78 is 19.1. The van der Waals surface area contributed by atoms with Crippen molar-refractivity contribution < 1.29 is 9.13 Å². The summed E-state index contributed by atoms with van der Waals surface area (Å²) in [5, 5.41) is 3.48. The molecule has 0 saturated carbocycles. The minimum Gasteiger partial charge on any atom is -0.488 e. The van der Waals surface area contributed by atoms with Crippen LogP contribution in [0.1, 0.15) is 24.4 Å². The van der Waals surface area contributed by atoms with Crippen molar-refractivity contribution in [1.82, 2.24) is 5.32 Å². The maximum Gasteiger partial charge on any atom is 0.142 e. The summed E-state index contributed by atoms with van der Waals surface area (Å²) in [4.78, 5) is 0. The van der Waals surface area contributed by atoms with Gasteiger partial charge in [-0.15, -0.1) is 0 Å². The summed E-state index contributed by atoms with van der Waals surface area (Å²) in [7, 11) is 0. The lowest BCUT2D eigenvalue weighted by Crippen LogP contribution is -2.36. The highest BCUT2D eigenvalue weighted by Gasteiger charge is 2.36. The minimum atomic E-state index is -0.368. The van der Waals surface area contributed by atoms with E-state index in [4.69, 9.17) is 16.3 Å². The average molecular weight is 228 g/mol.